The molecule has 1 aliphatic rings. The Hall–Kier alpha value is -2.55. The molecule has 1 aromatic carbocycles. The van der Waals surface area contributed by atoms with Crippen molar-refractivity contribution in [1.82, 2.24) is 9.78 Å². The average Bonchev–Trinajstić information content (AvgIpc) is 3.20. The van der Waals surface area contributed by atoms with E-state index in [0.29, 0.717) is 23.1 Å². The second-order valence-electron chi connectivity index (χ2n) is 7.01. The Morgan fingerprint density at radius 3 is 2.52 bits per heavy atom. The molecule has 0 saturated heterocycles. The SMILES string of the molecule is Cc1ccc(NC(=O)Nc2cnn(C3CCCC3)c2C)cc1NS(C)(=O)=O. The molecule has 0 aliphatic heterocycles. The van der Waals surface area contributed by atoms with Crippen molar-refractivity contribution in [3.05, 3.63) is 35.7 Å². The first-order valence-corrected chi connectivity index (χ1v) is 10.8. The van der Waals surface area contributed by atoms with Crippen LogP contribution in [-0.4, -0.2) is 30.5 Å². The zero-order valence-corrected chi connectivity index (χ0v) is 16.6. The number of carbonyl (C=O) groups excluding carboxylic acids is 1. The number of hydrogen-bond donors (Lipinski definition) is 3. The van der Waals surface area contributed by atoms with Crippen molar-refractivity contribution in [2.75, 3.05) is 21.6 Å². The lowest BCUT2D eigenvalue weighted by Crippen LogP contribution is -2.20. The van der Waals surface area contributed by atoms with Crippen molar-refractivity contribution in [3.63, 3.8) is 0 Å². The van der Waals surface area contributed by atoms with E-state index >= 15 is 0 Å². The minimum atomic E-state index is -3.39. The molecule has 9 heteroatoms. The Morgan fingerprint density at radius 1 is 1.15 bits per heavy atom. The number of sulfonamides is 1. The number of amides is 2. The number of nitrogens with one attached hydrogen (secondary N) is 3. The zero-order valence-electron chi connectivity index (χ0n) is 15.7. The highest BCUT2D eigenvalue weighted by Crippen LogP contribution is 2.31. The minimum Gasteiger partial charge on any atom is -0.308 e. The predicted octanol–water partition coefficient (Wildman–Crippen LogP) is 3.63. The summed E-state index contributed by atoms with van der Waals surface area (Å²) in [4.78, 5) is 12.3. The van der Waals surface area contributed by atoms with Gasteiger partial charge in [0, 0.05) is 5.69 Å². The zero-order chi connectivity index (χ0) is 19.6. The van der Waals surface area contributed by atoms with Crippen molar-refractivity contribution in [2.45, 2.75) is 45.6 Å². The van der Waals surface area contributed by atoms with Crippen LogP contribution in [0.3, 0.4) is 0 Å². The number of anilines is 3. The van der Waals surface area contributed by atoms with E-state index in [1.54, 1.807) is 31.3 Å². The van der Waals surface area contributed by atoms with Gasteiger partial charge in [0.15, 0.2) is 0 Å². The summed E-state index contributed by atoms with van der Waals surface area (Å²) in [6.07, 6.45) is 7.42. The van der Waals surface area contributed by atoms with E-state index in [9.17, 15) is 13.2 Å². The van der Waals surface area contributed by atoms with Gasteiger partial charge in [-0.25, -0.2) is 13.2 Å². The molecule has 0 atom stereocenters. The normalized spacial score (nSPS) is 14.9. The van der Waals surface area contributed by atoms with Crippen LogP contribution in [0.1, 0.15) is 43.0 Å². The smallest absolute Gasteiger partial charge is 0.308 e. The lowest BCUT2D eigenvalue weighted by molar-refractivity contribution is 0.262. The summed E-state index contributed by atoms with van der Waals surface area (Å²) in [5.74, 6) is 0. The van der Waals surface area contributed by atoms with Gasteiger partial charge in [-0.15, -0.1) is 0 Å². The van der Waals surface area contributed by atoms with Gasteiger partial charge in [-0.05, 0) is 44.4 Å². The third-order valence-electron chi connectivity index (χ3n) is 4.75. The number of nitrogens with zero attached hydrogens (tertiary/aromatic N) is 2. The lowest BCUT2D eigenvalue weighted by Gasteiger charge is -2.13. The van der Waals surface area contributed by atoms with Crippen molar-refractivity contribution in [1.29, 1.82) is 0 Å². The Bertz CT molecular complexity index is 946. The van der Waals surface area contributed by atoms with Crippen LogP contribution in [0.2, 0.25) is 0 Å². The van der Waals surface area contributed by atoms with Crippen molar-refractivity contribution in [2.24, 2.45) is 0 Å². The Kier molecular flexibility index (Phi) is 5.41. The molecule has 2 amide bonds. The standard InChI is InChI=1S/C18H25N5O3S/c1-12-8-9-14(10-16(12)22-27(3,25)26)20-18(24)21-17-11-19-23(13(17)2)15-6-4-5-7-15/h8-11,15,22H,4-7H2,1-3H3,(H2,20,21,24). The monoisotopic (exact) mass is 391 g/mol. The molecule has 0 radical (unpaired) electrons. The van der Waals surface area contributed by atoms with Crippen LogP contribution in [-0.2, 0) is 10.0 Å². The summed E-state index contributed by atoms with van der Waals surface area (Å²) >= 11 is 0. The highest BCUT2D eigenvalue weighted by Gasteiger charge is 2.21. The molecule has 3 rings (SSSR count). The first-order valence-electron chi connectivity index (χ1n) is 8.93. The van der Waals surface area contributed by atoms with Crippen LogP contribution in [0.4, 0.5) is 21.9 Å². The number of aromatic nitrogens is 2. The second kappa shape index (κ2) is 7.59. The maximum absolute atomic E-state index is 12.3. The van der Waals surface area contributed by atoms with E-state index in [-0.39, 0.29) is 0 Å². The second-order valence-corrected chi connectivity index (χ2v) is 8.76. The average molecular weight is 391 g/mol. The quantitative estimate of drug-likeness (QED) is 0.724. The van der Waals surface area contributed by atoms with Crippen molar-refractivity contribution >= 4 is 33.1 Å². The Balaban J connectivity index is 1.68. The molecule has 2 aromatic rings. The van der Waals surface area contributed by atoms with Crippen molar-refractivity contribution in [3.8, 4) is 0 Å². The molecule has 3 N–H and O–H groups in total. The van der Waals surface area contributed by atoms with E-state index in [2.05, 4.69) is 20.5 Å². The topological polar surface area (TPSA) is 105 Å². The molecular weight excluding hydrogens is 366 g/mol. The van der Waals surface area contributed by atoms with Gasteiger partial charge < -0.3 is 10.6 Å². The molecule has 1 aliphatic carbocycles. The largest absolute Gasteiger partial charge is 0.323 e. The number of hydrogen-bond acceptors (Lipinski definition) is 4. The summed E-state index contributed by atoms with van der Waals surface area (Å²) in [6.45, 7) is 3.74. The van der Waals surface area contributed by atoms with Gasteiger partial charge in [0.25, 0.3) is 0 Å². The number of benzene rings is 1. The van der Waals surface area contributed by atoms with Crippen LogP contribution in [0.5, 0.6) is 0 Å². The van der Waals surface area contributed by atoms with Gasteiger partial charge in [0.1, 0.15) is 0 Å². The predicted molar refractivity (Wildman–Crippen MR) is 107 cm³/mol. The van der Waals surface area contributed by atoms with Crippen LogP contribution in [0.15, 0.2) is 24.4 Å². The summed E-state index contributed by atoms with van der Waals surface area (Å²) < 4.78 is 27.3. The molecule has 0 bridgehead atoms. The van der Waals surface area contributed by atoms with Gasteiger partial charge >= 0.3 is 6.03 Å². The fraction of sp³-hybridized carbons (Fsp3) is 0.444. The van der Waals surface area contributed by atoms with Gasteiger partial charge in [0.2, 0.25) is 10.0 Å². The number of rotatable bonds is 5. The first kappa shape index (κ1) is 19.2. The number of carbonyl (C=O) groups is 1. The van der Waals surface area contributed by atoms with E-state index in [1.165, 1.54) is 12.8 Å². The summed E-state index contributed by atoms with van der Waals surface area (Å²) in [6, 6.07) is 5.05. The van der Waals surface area contributed by atoms with Gasteiger partial charge in [-0.1, -0.05) is 18.9 Å². The molecule has 146 valence electrons. The molecule has 0 spiro atoms. The van der Waals surface area contributed by atoms with E-state index in [4.69, 9.17) is 0 Å². The molecule has 1 aromatic heterocycles. The fourth-order valence-corrected chi connectivity index (χ4v) is 3.98. The van der Waals surface area contributed by atoms with E-state index < -0.39 is 16.1 Å². The molecule has 1 heterocycles. The third-order valence-corrected chi connectivity index (χ3v) is 5.34. The number of urea groups is 1. The highest BCUT2D eigenvalue weighted by atomic mass is 32.2. The maximum atomic E-state index is 12.3. The molecule has 1 fully saturated rings. The van der Waals surface area contributed by atoms with Gasteiger partial charge in [-0.3, -0.25) is 9.40 Å². The highest BCUT2D eigenvalue weighted by molar-refractivity contribution is 7.92. The molecule has 1 saturated carbocycles. The maximum Gasteiger partial charge on any atom is 0.323 e. The molecule has 27 heavy (non-hydrogen) atoms. The van der Waals surface area contributed by atoms with E-state index in [1.807, 2.05) is 11.6 Å². The van der Waals surface area contributed by atoms with Crippen molar-refractivity contribution < 1.29 is 13.2 Å². The van der Waals surface area contributed by atoms with Crippen LogP contribution >= 0.6 is 0 Å². The van der Waals surface area contributed by atoms with Gasteiger partial charge in [-0.2, -0.15) is 5.10 Å². The fourth-order valence-electron chi connectivity index (χ4n) is 3.36. The van der Waals surface area contributed by atoms with Crippen LogP contribution < -0.4 is 15.4 Å². The Labute approximate surface area is 159 Å². The Morgan fingerprint density at radius 2 is 1.85 bits per heavy atom. The summed E-state index contributed by atoms with van der Waals surface area (Å²) in [7, 11) is -3.39. The molecular formula is C18H25N5O3S. The summed E-state index contributed by atoms with van der Waals surface area (Å²) in [5, 5.41) is 9.96. The van der Waals surface area contributed by atoms with Crippen LogP contribution in [0.25, 0.3) is 0 Å². The molecule has 8 nitrogen and oxygen atoms in total. The lowest BCUT2D eigenvalue weighted by atomic mass is 10.2. The summed E-state index contributed by atoms with van der Waals surface area (Å²) in [5.41, 5.74) is 3.28. The number of aryl methyl sites for hydroxylation is 1. The minimum absolute atomic E-state index is 0.404. The third kappa shape index (κ3) is 4.79. The van der Waals surface area contributed by atoms with E-state index in [0.717, 1.165) is 30.4 Å². The first-order chi connectivity index (χ1) is 12.7. The van der Waals surface area contributed by atoms with Gasteiger partial charge in [0.05, 0.1) is 35.6 Å². The van der Waals surface area contributed by atoms with Crippen LogP contribution in [0, 0.1) is 13.8 Å². The molecule has 0 unspecified atom stereocenters.